The SMILES string of the molecule is CCCC[C@@H]1C(=O)N(C)CCN1C(=O)c1ccc(-n2cnnc2)nc1. The molecule has 2 aromatic rings. The van der Waals surface area contributed by atoms with E-state index in [1.54, 1.807) is 46.2 Å². The van der Waals surface area contributed by atoms with E-state index in [1.807, 2.05) is 0 Å². The van der Waals surface area contributed by atoms with E-state index in [-0.39, 0.29) is 17.9 Å². The number of likely N-dealkylation sites (N-methyl/N-ethyl adjacent to an activating group) is 1. The Morgan fingerprint density at radius 1 is 1.24 bits per heavy atom. The molecule has 0 radical (unpaired) electrons. The third-order valence-corrected chi connectivity index (χ3v) is 4.48. The van der Waals surface area contributed by atoms with E-state index in [0.717, 1.165) is 12.8 Å². The maximum absolute atomic E-state index is 12.9. The van der Waals surface area contributed by atoms with Crippen molar-refractivity contribution < 1.29 is 9.59 Å². The van der Waals surface area contributed by atoms with Crippen LogP contribution in [0, 0.1) is 0 Å². The number of unbranched alkanes of at least 4 members (excludes halogenated alkanes) is 1. The summed E-state index contributed by atoms with van der Waals surface area (Å²) in [6.07, 6.45) is 7.23. The largest absolute Gasteiger partial charge is 0.342 e. The Bertz CT molecular complexity index is 728. The highest BCUT2D eigenvalue weighted by molar-refractivity contribution is 5.98. The van der Waals surface area contributed by atoms with E-state index in [9.17, 15) is 9.59 Å². The van der Waals surface area contributed by atoms with E-state index in [2.05, 4.69) is 22.1 Å². The van der Waals surface area contributed by atoms with Crippen LogP contribution >= 0.6 is 0 Å². The summed E-state index contributed by atoms with van der Waals surface area (Å²) in [4.78, 5) is 33.1. The van der Waals surface area contributed by atoms with Crippen LogP contribution in [0.2, 0.25) is 0 Å². The first-order chi connectivity index (χ1) is 12.1. The molecule has 1 saturated heterocycles. The summed E-state index contributed by atoms with van der Waals surface area (Å²) in [6.45, 7) is 3.18. The number of carbonyl (C=O) groups excluding carboxylic acids is 2. The van der Waals surface area contributed by atoms with Crippen molar-refractivity contribution in [2.24, 2.45) is 0 Å². The van der Waals surface area contributed by atoms with Crippen molar-refractivity contribution in [1.29, 1.82) is 0 Å². The average Bonchev–Trinajstić information content (AvgIpc) is 3.17. The first kappa shape index (κ1) is 17.1. The molecular formula is C17H22N6O2. The number of hydrogen-bond donors (Lipinski definition) is 0. The first-order valence-corrected chi connectivity index (χ1v) is 8.48. The van der Waals surface area contributed by atoms with Gasteiger partial charge in [0.05, 0.1) is 5.56 Å². The van der Waals surface area contributed by atoms with Gasteiger partial charge in [0.2, 0.25) is 5.91 Å². The predicted molar refractivity (Wildman–Crippen MR) is 91.1 cm³/mol. The zero-order chi connectivity index (χ0) is 17.8. The monoisotopic (exact) mass is 342 g/mol. The Kier molecular flexibility index (Phi) is 5.06. The van der Waals surface area contributed by atoms with Crippen molar-refractivity contribution >= 4 is 11.8 Å². The molecule has 1 aliphatic heterocycles. The lowest BCUT2D eigenvalue weighted by atomic mass is 10.0. The molecule has 0 spiro atoms. The third kappa shape index (κ3) is 3.52. The molecule has 0 bridgehead atoms. The summed E-state index contributed by atoms with van der Waals surface area (Å²) in [7, 11) is 1.79. The first-order valence-electron chi connectivity index (χ1n) is 8.48. The molecule has 0 saturated carbocycles. The Morgan fingerprint density at radius 2 is 2.00 bits per heavy atom. The van der Waals surface area contributed by atoms with Gasteiger partial charge in [0.15, 0.2) is 0 Å². The van der Waals surface area contributed by atoms with E-state index < -0.39 is 0 Å². The number of aromatic nitrogens is 4. The highest BCUT2D eigenvalue weighted by Crippen LogP contribution is 2.19. The van der Waals surface area contributed by atoms with Gasteiger partial charge < -0.3 is 9.80 Å². The van der Waals surface area contributed by atoms with Crippen LogP contribution in [0.4, 0.5) is 0 Å². The molecule has 1 aliphatic rings. The smallest absolute Gasteiger partial charge is 0.256 e. The third-order valence-electron chi connectivity index (χ3n) is 4.48. The summed E-state index contributed by atoms with van der Waals surface area (Å²) >= 11 is 0. The van der Waals surface area contributed by atoms with Crippen LogP contribution in [0.3, 0.4) is 0 Å². The van der Waals surface area contributed by atoms with Crippen molar-refractivity contribution in [2.75, 3.05) is 20.1 Å². The van der Waals surface area contributed by atoms with Gasteiger partial charge in [-0.05, 0) is 18.6 Å². The zero-order valence-corrected chi connectivity index (χ0v) is 14.5. The average molecular weight is 342 g/mol. The number of carbonyl (C=O) groups is 2. The van der Waals surface area contributed by atoms with Gasteiger partial charge in [-0.3, -0.25) is 14.2 Å². The summed E-state index contributed by atoms with van der Waals surface area (Å²) in [5.41, 5.74) is 0.482. The summed E-state index contributed by atoms with van der Waals surface area (Å²) in [6, 6.07) is 3.09. The van der Waals surface area contributed by atoms with Gasteiger partial charge in [-0.25, -0.2) is 4.98 Å². The molecule has 1 fully saturated rings. The number of pyridine rings is 1. The minimum atomic E-state index is -0.385. The lowest BCUT2D eigenvalue weighted by Crippen LogP contribution is -2.57. The van der Waals surface area contributed by atoms with Gasteiger partial charge in [0.1, 0.15) is 24.5 Å². The number of piperazine rings is 1. The zero-order valence-electron chi connectivity index (χ0n) is 14.5. The minimum absolute atomic E-state index is 0.0159. The molecule has 2 aromatic heterocycles. The molecule has 8 nitrogen and oxygen atoms in total. The maximum atomic E-state index is 12.9. The maximum Gasteiger partial charge on any atom is 0.256 e. The van der Waals surface area contributed by atoms with E-state index in [1.165, 1.54) is 6.20 Å². The molecule has 0 aliphatic carbocycles. The number of hydrogen-bond acceptors (Lipinski definition) is 5. The molecule has 0 aromatic carbocycles. The minimum Gasteiger partial charge on any atom is -0.342 e. The van der Waals surface area contributed by atoms with Gasteiger partial charge in [-0.1, -0.05) is 19.8 Å². The molecule has 132 valence electrons. The molecule has 2 amide bonds. The lowest BCUT2D eigenvalue weighted by Gasteiger charge is -2.39. The van der Waals surface area contributed by atoms with Crippen LogP contribution in [0.25, 0.3) is 5.82 Å². The predicted octanol–water partition coefficient (Wildman–Crippen LogP) is 1.14. The van der Waals surface area contributed by atoms with Crippen molar-refractivity contribution in [3.8, 4) is 5.82 Å². The topological polar surface area (TPSA) is 84.2 Å². The fourth-order valence-corrected chi connectivity index (χ4v) is 2.98. The second-order valence-electron chi connectivity index (χ2n) is 6.19. The molecular weight excluding hydrogens is 320 g/mol. The molecule has 25 heavy (non-hydrogen) atoms. The Morgan fingerprint density at radius 3 is 2.64 bits per heavy atom. The molecule has 0 unspecified atom stereocenters. The molecule has 1 atom stereocenters. The van der Waals surface area contributed by atoms with Crippen molar-refractivity contribution in [1.82, 2.24) is 29.5 Å². The van der Waals surface area contributed by atoms with Crippen LogP contribution in [-0.4, -0.2) is 67.5 Å². The lowest BCUT2D eigenvalue weighted by molar-refractivity contribution is -0.138. The van der Waals surface area contributed by atoms with E-state index in [0.29, 0.717) is 30.9 Å². The van der Waals surface area contributed by atoms with Crippen molar-refractivity contribution in [3.63, 3.8) is 0 Å². The quantitative estimate of drug-likeness (QED) is 0.813. The fourth-order valence-electron chi connectivity index (χ4n) is 2.98. The normalized spacial score (nSPS) is 17.8. The van der Waals surface area contributed by atoms with Gasteiger partial charge in [0.25, 0.3) is 5.91 Å². The fraction of sp³-hybridized carbons (Fsp3) is 0.471. The van der Waals surface area contributed by atoms with Crippen molar-refractivity contribution in [2.45, 2.75) is 32.2 Å². The van der Waals surface area contributed by atoms with Gasteiger partial charge in [0, 0.05) is 26.3 Å². The van der Waals surface area contributed by atoms with Gasteiger partial charge in [-0.2, -0.15) is 0 Å². The van der Waals surface area contributed by atoms with E-state index >= 15 is 0 Å². The van der Waals surface area contributed by atoms with Gasteiger partial charge in [-0.15, -0.1) is 10.2 Å². The molecule has 0 N–H and O–H groups in total. The number of rotatable bonds is 5. The van der Waals surface area contributed by atoms with Crippen LogP contribution in [0.15, 0.2) is 31.0 Å². The van der Waals surface area contributed by atoms with Crippen LogP contribution in [0.1, 0.15) is 36.5 Å². The Balaban J connectivity index is 1.79. The van der Waals surface area contributed by atoms with Crippen LogP contribution in [0.5, 0.6) is 0 Å². The Hall–Kier alpha value is -2.77. The second kappa shape index (κ2) is 7.42. The Labute approximate surface area is 146 Å². The second-order valence-corrected chi connectivity index (χ2v) is 6.19. The van der Waals surface area contributed by atoms with Crippen molar-refractivity contribution in [3.05, 3.63) is 36.5 Å². The number of amides is 2. The molecule has 3 heterocycles. The summed E-state index contributed by atoms with van der Waals surface area (Å²) in [5.74, 6) is 0.506. The standard InChI is InChI=1S/C17H22N6O2/c1-3-4-5-14-17(25)21(2)8-9-23(14)16(24)13-6-7-15(18-10-13)22-11-19-20-12-22/h6-7,10-12,14H,3-5,8-9H2,1-2H3/t14-/m1/s1. The highest BCUT2D eigenvalue weighted by Gasteiger charge is 2.35. The van der Waals surface area contributed by atoms with Gasteiger partial charge >= 0.3 is 0 Å². The highest BCUT2D eigenvalue weighted by atomic mass is 16.2. The van der Waals surface area contributed by atoms with E-state index in [4.69, 9.17) is 0 Å². The number of nitrogens with zero attached hydrogens (tertiary/aromatic N) is 6. The summed E-state index contributed by atoms with van der Waals surface area (Å²) < 4.78 is 1.66. The van der Waals surface area contributed by atoms with Crippen LogP contribution in [-0.2, 0) is 4.79 Å². The molecule has 3 rings (SSSR count). The molecule has 8 heteroatoms. The van der Waals surface area contributed by atoms with Crippen LogP contribution < -0.4 is 0 Å². The summed E-state index contributed by atoms with van der Waals surface area (Å²) in [5, 5.41) is 7.48.